The number of carboxylic acids is 1. The van der Waals surface area contributed by atoms with Crippen LogP contribution in [0.15, 0.2) is 18.2 Å². The standard InChI is InChI=1S/C15H22N2O5.ClH/c1-4-17(10-14(18)16-8-15(19)20)9-11-5-6-12(21-2)13(7-11)22-3;/h5-7H,4,8-10H2,1-3H3,(H,16,18)(H,19,20);1H. The second kappa shape index (κ2) is 10.7. The van der Waals surface area contributed by atoms with E-state index in [1.165, 1.54) is 0 Å². The van der Waals surface area contributed by atoms with Crippen LogP contribution in [-0.2, 0) is 16.1 Å². The molecule has 1 amide bonds. The number of hydrogen-bond donors (Lipinski definition) is 2. The molecule has 0 radical (unpaired) electrons. The quantitative estimate of drug-likeness (QED) is 0.697. The Morgan fingerprint density at radius 3 is 2.39 bits per heavy atom. The molecule has 130 valence electrons. The Hall–Kier alpha value is -1.99. The van der Waals surface area contributed by atoms with Crippen molar-refractivity contribution in [2.45, 2.75) is 13.5 Å². The molecule has 0 unspecified atom stereocenters. The van der Waals surface area contributed by atoms with E-state index < -0.39 is 5.97 Å². The lowest BCUT2D eigenvalue weighted by molar-refractivity contribution is -0.138. The number of ether oxygens (including phenoxy) is 2. The molecule has 0 spiro atoms. The first-order valence-corrected chi connectivity index (χ1v) is 6.91. The van der Waals surface area contributed by atoms with E-state index in [2.05, 4.69) is 5.32 Å². The van der Waals surface area contributed by atoms with Gasteiger partial charge in [0.25, 0.3) is 0 Å². The second-order valence-corrected chi connectivity index (χ2v) is 4.66. The minimum Gasteiger partial charge on any atom is -0.493 e. The fourth-order valence-electron chi connectivity index (χ4n) is 1.95. The number of carboxylic acid groups (broad SMARTS) is 1. The molecule has 8 heteroatoms. The van der Waals surface area contributed by atoms with Crippen LogP contribution in [0.25, 0.3) is 0 Å². The lowest BCUT2D eigenvalue weighted by Crippen LogP contribution is -2.38. The van der Waals surface area contributed by atoms with E-state index in [9.17, 15) is 9.59 Å². The fourth-order valence-corrected chi connectivity index (χ4v) is 1.95. The van der Waals surface area contributed by atoms with Crippen molar-refractivity contribution in [3.63, 3.8) is 0 Å². The van der Waals surface area contributed by atoms with Crippen LogP contribution in [0.1, 0.15) is 12.5 Å². The third kappa shape index (κ3) is 7.21. The summed E-state index contributed by atoms with van der Waals surface area (Å²) in [6, 6.07) is 5.57. The van der Waals surface area contributed by atoms with Gasteiger partial charge in [-0.05, 0) is 24.2 Å². The minimum absolute atomic E-state index is 0. The van der Waals surface area contributed by atoms with Gasteiger partial charge in [-0.1, -0.05) is 13.0 Å². The van der Waals surface area contributed by atoms with E-state index in [0.717, 1.165) is 5.56 Å². The zero-order valence-corrected chi connectivity index (χ0v) is 14.3. The first-order valence-electron chi connectivity index (χ1n) is 6.91. The van der Waals surface area contributed by atoms with Gasteiger partial charge < -0.3 is 19.9 Å². The molecule has 0 fully saturated rings. The monoisotopic (exact) mass is 346 g/mol. The number of carbonyl (C=O) groups is 2. The van der Waals surface area contributed by atoms with Crippen LogP contribution < -0.4 is 14.8 Å². The largest absolute Gasteiger partial charge is 0.493 e. The van der Waals surface area contributed by atoms with Crippen molar-refractivity contribution in [1.82, 2.24) is 10.2 Å². The van der Waals surface area contributed by atoms with Crippen LogP contribution in [0, 0.1) is 0 Å². The number of likely N-dealkylation sites (N-methyl/N-ethyl adjacent to an activating group) is 1. The maximum atomic E-state index is 11.7. The summed E-state index contributed by atoms with van der Waals surface area (Å²) in [6.45, 7) is 2.92. The van der Waals surface area contributed by atoms with Gasteiger partial charge in [-0.15, -0.1) is 12.4 Å². The zero-order valence-electron chi connectivity index (χ0n) is 13.5. The van der Waals surface area contributed by atoms with Gasteiger partial charge in [-0.3, -0.25) is 14.5 Å². The van der Waals surface area contributed by atoms with Crippen molar-refractivity contribution < 1.29 is 24.2 Å². The van der Waals surface area contributed by atoms with Crippen LogP contribution in [0.2, 0.25) is 0 Å². The predicted molar refractivity (Wildman–Crippen MR) is 88.4 cm³/mol. The normalized spacial score (nSPS) is 9.91. The van der Waals surface area contributed by atoms with E-state index in [-0.39, 0.29) is 31.4 Å². The Morgan fingerprint density at radius 1 is 1.22 bits per heavy atom. The van der Waals surface area contributed by atoms with Gasteiger partial charge in [0.15, 0.2) is 11.5 Å². The molecule has 1 aromatic carbocycles. The van der Waals surface area contributed by atoms with Crippen molar-refractivity contribution >= 4 is 24.3 Å². The first-order chi connectivity index (χ1) is 10.5. The second-order valence-electron chi connectivity index (χ2n) is 4.66. The van der Waals surface area contributed by atoms with Crippen molar-refractivity contribution in [3.05, 3.63) is 23.8 Å². The summed E-state index contributed by atoms with van der Waals surface area (Å²) >= 11 is 0. The summed E-state index contributed by atoms with van der Waals surface area (Å²) in [5.41, 5.74) is 0.977. The molecule has 0 saturated carbocycles. The fraction of sp³-hybridized carbons (Fsp3) is 0.467. The zero-order chi connectivity index (χ0) is 16.5. The van der Waals surface area contributed by atoms with E-state index in [1.54, 1.807) is 14.2 Å². The van der Waals surface area contributed by atoms with E-state index in [0.29, 0.717) is 24.6 Å². The third-order valence-electron chi connectivity index (χ3n) is 3.11. The number of halogens is 1. The Kier molecular flexibility index (Phi) is 9.76. The lowest BCUT2D eigenvalue weighted by Gasteiger charge is -2.20. The molecule has 2 N–H and O–H groups in total. The predicted octanol–water partition coefficient (Wildman–Crippen LogP) is 1.15. The third-order valence-corrected chi connectivity index (χ3v) is 3.11. The number of methoxy groups -OCH3 is 2. The van der Waals surface area contributed by atoms with E-state index in [1.807, 2.05) is 30.0 Å². The molecule has 0 aliphatic carbocycles. The van der Waals surface area contributed by atoms with Crippen molar-refractivity contribution in [3.8, 4) is 11.5 Å². The number of hydrogen-bond acceptors (Lipinski definition) is 5. The number of benzene rings is 1. The summed E-state index contributed by atoms with van der Waals surface area (Å²) in [6.07, 6.45) is 0. The van der Waals surface area contributed by atoms with Gasteiger partial charge in [-0.25, -0.2) is 0 Å². The summed E-state index contributed by atoms with van der Waals surface area (Å²) in [5.74, 6) is -0.0964. The first kappa shape index (κ1) is 21.0. The summed E-state index contributed by atoms with van der Waals surface area (Å²) in [7, 11) is 3.14. The molecule has 0 bridgehead atoms. The molecule has 1 aromatic rings. The minimum atomic E-state index is -1.06. The van der Waals surface area contributed by atoms with E-state index >= 15 is 0 Å². The number of carbonyl (C=O) groups excluding carboxylic acids is 1. The lowest BCUT2D eigenvalue weighted by atomic mass is 10.2. The molecule has 0 atom stereocenters. The highest BCUT2D eigenvalue weighted by Gasteiger charge is 2.12. The Morgan fingerprint density at radius 2 is 1.87 bits per heavy atom. The van der Waals surface area contributed by atoms with Crippen molar-refractivity contribution in [1.29, 1.82) is 0 Å². The van der Waals surface area contributed by atoms with Crippen molar-refractivity contribution in [2.75, 3.05) is 33.9 Å². The smallest absolute Gasteiger partial charge is 0.322 e. The number of rotatable bonds is 9. The van der Waals surface area contributed by atoms with Crippen LogP contribution in [0.4, 0.5) is 0 Å². The molecule has 7 nitrogen and oxygen atoms in total. The van der Waals surface area contributed by atoms with Gasteiger partial charge in [0.2, 0.25) is 5.91 Å². The molecule has 1 rings (SSSR count). The number of amides is 1. The topological polar surface area (TPSA) is 88.1 Å². The van der Waals surface area contributed by atoms with Gasteiger partial charge in [0, 0.05) is 6.54 Å². The highest BCUT2D eigenvalue weighted by atomic mass is 35.5. The van der Waals surface area contributed by atoms with Crippen molar-refractivity contribution in [2.24, 2.45) is 0 Å². The average molecular weight is 347 g/mol. The Bertz CT molecular complexity index is 525. The molecular weight excluding hydrogens is 324 g/mol. The average Bonchev–Trinajstić information content (AvgIpc) is 2.52. The van der Waals surface area contributed by atoms with Gasteiger partial charge in [-0.2, -0.15) is 0 Å². The molecule has 23 heavy (non-hydrogen) atoms. The van der Waals surface area contributed by atoms with Gasteiger partial charge in [0.05, 0.1) is 20.8 Å². The highest BCUT2D eigenvalue weighted by molar-refractivity contribution is 5.85. The number of nitrogens with one attached hydrogen (secondary N) is 1. The number of aliphatic carboxylic acids is 1. The molecular formula is C15H23ClN2O5. The van der Waals surface area contributed by atoms with Crippen LogP contribution >= 0.6 is 12.4 Å². The van der Waals surface area contributed by atoms with Crippen LogP contribution in [-0.4, -0.2) is 55.7 Å². The summed E-state index contributed by atoms with van der Waals surface area (Å²) in [5, 5.41) is 10.9. The summed E-state index contributed by atoms with van der Waals surface area (Å²) in [4.78, 5) is 24.0. The highest BCUT2D eigenvalue weighted by Crippen LogP contribution is 2.27. The Labute approximate surface area is 142 Å². The SMILES string of the molecule is CCN(CC(=O)NCC(=O)O)Cc1ccc(OC)c(OC)c1.Cl. The molecule has 0 aliphatic rings. The van der Waals surface area contributed by atoms with Crippen LogP contribution in [0.3, 0.4) is 0 Å². The van der Waals surface area contributed by atoms with Crippen LogP contribution in [0.5, 0.6) is 11.5 Å². The molecule has 0 aromatic heterocycles. The number of nitrogens with zero attached hydrogens (tertiary/aromatic N) is 1. The van der Waals surface area contributed by atoms with Gasteiger partial charge >= 0.3 is 5.97 Å². The Balaban J connectivity index is 0.00000484. The maximum absolute atomic E-state index is 11.7. The van der Waals surface area contributed by atoms with Gasteiger partial charge in [0.1, 0.15) is 6.54 Å². The molecule has 0 saturated heterocycles. The maximum Gasteiger partial charge on any atom is 0.322 e. The summed E-state index contributed by atoms with van der Waals surface area (Å²) < 4.78 is 10.4. The molecule has 0 aliphatic heterocycles. The molecule has 0 heterocycles. The van der Waals surface area contributed by atoms with E-state index in [4.69, 9.17) is 14.6 Å².